The fourth-order valence-electron chi connectivity index (χ4n) is 1.25. The highest BCUT2D eigenvalue weighted by Gasteiger charge is 2.15. The Morgan fingerprint density at radius 2 is 2.17 bits per heavy atom. The van der Waals surface area contributed by atoms with Gasteiger partial charge in [0.1, 0.15) is 17.9 Å². The van der Waals surface area contributed by atoms with Crippen molar-refractivity contribution < 1.29 is 13.9 Å². The number of amides is 1. The Bertz CT molecular complexity index is 512. The Balaban J connectivity index is 1.93. The van der Waals surface area contributed by atoms with E-state index >= 15 is 0 Å². The molecule has 1 heterocycles. The molecule has 0 fully saturated rings. The lowest BCUT2D eigenvalue weighted by atomic mass is 10.3. The maximum atomic E-state index is 12.7. The number of H-pyrrole nitrogens is 1. The van der Waals surface area contributed by atoms with Crippen molar-refractivity contribution in [3.8, 4) is 5.75 Å². The van der Waals surface area contributed by atoms with E-state index in [9.17, 15) is 9.18 Å². The number of aromatic amines is 1. The van der Waals surface area contributed by atoms with Crippen molar-refractivity contribution >= 4 is 11.9 Å². The average molecular weight is 250 g/mol. The second-order valence-corrected chi connectivity index (χ2v) is 3.54. The van der Waals surface area contributed by atoms with E-state index in [4.69, 9.17) is 4.74 Å². The van der Waals surface area contributed by atoms with E-state index in [1.807, 2.05) is 0 Å². The van der Waals surface area contributed by atoms with Gasteiger partial charge in [0.05, 0.1) is 0 Å². The van der Waals surface area contributed by atoms with Crippen LogP contribution in [-0.4, -0.2) is 27.2 Å². The van der Waals surface area contributed by atoms with Crippen LogP contribution in [0.1, 0.15) is 6.92 Å². The molecule has 1 aromatic heterocycles. The number of carbonyl (C=O) groups excluding carboxylic acids is 1. The molecule has 2 aromatic rings. The van der Waals surface area contributed by atoms with Crippen molar-refractivity contribution in [1.29, 1.82) is 0 Å². The number of benzene rings is 1. The maximum absolute atomic E-state index is 12.7. The van der Waals surface area contributed by atoms with Gasteiger partial charge in [0.2, 0.25) is 5.95 Å². The maximum Gasteiger partial charge on any atom is 0.267 e. The standard InChI is InChI=1S/C11H11FN4O2/c1-7(10(17)15-11-13-6-14-16-11)18-9-4-2-8(12)3-5-9/h2-7H,1H3,(H2,13,14,15,16,17)/t7-/m1/s1. The van der Waals surface area contributed by atoms with Crippen LogP contribution in [0, 0.1) is 5.82 Å². The number of nitrogens with one attached hydrogen (secondary N) is 2. The van der Waals surface area contributed by atoms with Crippen LogP contribution in [0.5, 0.6) is 5.75 Å². The van der Waals surface area contributed by atoms with Crippen molar-refractivity contribution in [2.45, 2.75) is 13.0 Å². The summed E-state index contributed by atoms with van der Waals surface area (Å²) in [5.74, 6) is -0.0802. The molecule has 0 radical (unpaired) electrons. The molecule has 6 nitrogen and oxygen atoms in total. The third-order valence-electron chi connectivity index (χ3n) is 2.15. The second kappa shape index (κ2) is 5.26. The van der Waals surface area contributed by atoms with E-state index in [0.29, 0.717) is 5.75 Å². The molecule has 1 amide bonds. The number of hydrogen-bond acceptors (Lipinski definition) is 4. The van der Waals surface area contributed by atoms with Crippen molar-refractivity contribution in [1.82, 2.24) is 15.2 Å². The van der Waals surface area contributed by atoms with Gasteiger partial charge in [-0.1, -0.05) is 0 Å². The molecule has 7 heteroatoms. The highest BCUT2D eigenvalue weighted by molar-refractivity contribution is 5.92. The van der Waals surface area contributed by atoms with Crippen LogP contribution in [0.15, 0.2) is 30.6 Å². The predicted octanol–water partition coefficient (Wildman–Crippen LogP) is 1.35. The summed E-state index contributed by atoms with van der Waals surface area (Å²) in [4.78, 5) is 15.4. The van der Waals surface area contributed by atoms with E-state index in [-0.39, 0.29) is 17.7 Å². The summed E-state index contributed by atoms with van der Waals surface area (Å²) in [6, 6.07) is 5.42. The molecular weight excluding hydrogens is 239 g/mol. The topological polar surface area (TPSA) is 79.9 Å². The Kier molecular flexibility index (Phi) is 3.52. The first-order valence-electron chi connectivity index (χ1n) is 5.23. The zero-order valence-corrected chi connectivity index (χ0v) is 9.55. The van der Waals surface area contributed by atoms with Gasteiger partial charge in [0.25, 0.3) is 5.91 Å². The number of hydrogen-bond donors (Lipinski definition) is 2. The number of nitrogens with zero attached hydrogens (tertiary/aromatic N) is 2. The lowest BCUT2D eigenvalue weighted by Crippen LogP contribution is -2.30. The van der Waals surface area contributed by atoms with Gasteiger partial charge >= 0.3 is 0 Å². The van der Waals surface area contributed by atoms with E-state index < -0.39 is 6.10 Å². The monoisotopic (exact) mass is 250 g/mol. The summed E-state index contributed by atoms with van der Waals surface area (Å²) in [7, 11) is 0. The molecule has 0 aliphatic carbocycles. The molecule has 18 heavy (non-hydrogen) atoms. The number of anilines is 1. The Morgan fingerprint density at radius 1 is 1.44 bits per heavy atom. The van der Waals surface area contributed by atoms with Gasteiger partial charge in [-0.05, 0) is 31.2 Å². The zero-order chi connectivity index (χ0) is 13.0. The summed E-state index contributed by atoms with van der Waals surface area (Å²) < 4.78 is 18.0. The Hall–Kier alpha value is -2.44. The molecule has 0 saturated carbocycles. The Morgan fingerprint density at radius 3 is 2.78 bits per heavy atom. The molecule has 2 N–H and O–H groups in total. The van der Waals surface area contributed by atoms with Crippen molar-refractivity contribution in [3.05, 3.63) is 36.4 Å². The Labute approximate surface area is 102 Å². The first kappa shape index (κ1) is 12.0. The van der Waals surface area contributed by atoms with Gasteiger partial charge in [-0.3, -0.25) is 10.1 Å². The first-order valence-corrected chi connectivity index (χ1v) is 5.23. The summed E-state index contributed by atoms with van der Waals surface area (Å²) in [6.45, 7) is 1.58. The summed E-state index contributed by atoms with van der Waals surface area (Å²) in [5, 5.41) is 8.58. The van der Waals surface area contributed by atoms with Gasteiger partial charge in [-0.25, -0.2) is 9.49 Å². The van der Waals surface area contributed by atoms with Crippen LogP contribution in [0.4, 0.5) is 10.3 Å². The summed E-state index contributed by atoms with van der Waals surface area (Å²) in [6.07, 6.45) is 0.543. The van der Waals surface area contributed by atoms with Crippen LogP contribution in [-0.2, 0) is 4.79 Å². The third-order valence-corrected chi connectivity index (χ3v) is 2.15. The van der Waals surface area contributed by atoms with Gasteiger partial charge in [-0.15, -0.1) is 0 Å². The van der Waals surface area contributed by atoms with Crippen LogP contribution >= 0.6 is 0 Å². The summed E-state index contributed by atoms with van der Waals surface area (Å²) in [5.41, 5.74) is 0. The lowest BCUT2D eigenvalue weighted by Gasteiger charge is -2.13. The molecule has 0 aliphatic heterocycles. The second-order valence-electron chi connectivity index (χ2n) is 3.54. The number of aromatic nitrogens is 3. The number of ether oxygens (including phenoxy) is 1. The molecule has 0 spiro atoms. The summed E-state index contributed by atoms with van der Waals surface area (Å²) >= 11 is 0. The SMILES string of the molecule is C[C@@H](Oc1ccc(F)cc1)C(=O)Nc1ncn[nH]1. The molecule has 1 aromatic carbocycles. The largest absolute Gasteiger partial charge is 0.481 e. The molecule has 0 bridgehead atoms. The van der Waals surface area contributed by atoms with E-state index in [2.05, 4.69) is 20.5 Å². The smallest absolute Gasteiger partial charge is 0.267 e. The van der Waals surface area contributed by atoms with Gasteiger partial charge < -0.3 is 4.74 Å². The minimum atomic E-state index is -0.736. The van der Waals surface area contributed by atoms with Gasteiger partial charge in [0, 0.05) is 0 Å². The molecule has 2 rings (SSSR count). The number of halogens is 1. The fourth-order valence-corrected chi connectivity index (χ4v) is 1.25. The molecule has 0 saturated heterocycles. The minimum Gasteiger partial charge on any atom is -0.481 e. The van der Waals surface area contributed by atoms with E-state index in [0.717, 1.165) is 0 Å². The zero-order valence-electron chi connectivity index (χ0n) is 9.55. The van der Waals surface area contributed by atoms with E-state index in [1.165, 1.54) is 30.6 Å². The molecule has 94 valence electrons. The molecule has 1 atom stereocenters. The van der Waals surface area contributed by atoms with Gasteiger partial charge in [0.15, 0.2) is 6.10 Å². The average Bonchev–Trinajstić information content (AvgIpc) is 2.85. The lowest BCUT2D eigenvalue weighted by molar-refractivity contribution is -0.122. The van der Waals surface area contributed by atoms with Crippen molar-refractivity contribution in [2.24, 2.45) is 0 Å². The van der Waals surface area contributed by atoms with Gasteiger partial charge in [-0.2, -0.15) is 10.1 Å². The fraction of sp³-hybridized carbons (Fsp3) is 0.182. The van der Waals surface area contributed by atoms with Crippen molar-refractivity contribution in [2.75, 3.05) is 5.32 Å². The third kappa shape index (κ3) is 3.03. The van der Waals surface area contributed by atoms with E-state index in [1.54, 1.807) is 6.92 Å². The highest BCUT2D eigenvalue weighted by Crippen LogP contribution is 2.13. The molecule has 0 aliphatic rings. The number of rotatable bonds is 4. The molecular formula is C11H11FN4O2. The predicted molar refractivity (Wildman–Crippen MR) is 61.5 cm³/mol. The van der Waals surface area contributed by atoms with Crippen LogP contribution < -0.4 is 10.1 Å². The first-order chi connectivity index (χ1) is 8.65. The number of carbonyl (C=O) groups is 1. The minimum absolute atomic E-state index is 0.245. The normalized spacial score (nSPS) is 11.9. The highest BCUT2D eigenvalue weighted by atomic mass is 19.1. The quantitative estimate of drug-likeness (QED) is 0.858. The molecule has 0 unspecified atom stereocenters. The van der Waals surface area contributed by atoms with Crippen molar-refractivity contribution in [3.63, 3.8) is 0 Å². The van der Waals surface area contributed by atoms with Crippen LogP contribution in [0.25, 0.3) is 0 Å². The van der Waals surface area contributed by atoms with Crippen LogP contribution in [0.3, 0.4) is 0 Å². The van der Waals surface area contributed by atoms with Crippen LogP contribution in [0.2, 0.25) is 0 Å².